The fraction of sp³-hybridized carbons (Fsp3) is 0.316. The van der Waals surface area contributed by atoms with Gasteiger partial charge in [0.15, 0.2) is 11.0 Å². The lowest BCUT2D eigenvalue weighted by molar-refractivity contribution is -0.383. The van der Waals surface area contributed by atoms with Crippen molar-refractivity contribution >= 4 is 40.4 Å². The number of carbonyl (C=O) groups excluding carboxylic acids is 1. The number of thioether (sulfide) groups is 1. The van der Waals surface area contributed by atoms with E-state index >= 15 is 0 Å². The van der Waals surface area contributed by atoms with Crippen LogP contribution in [0.1, 0.15) is 31.6 Å². The van der Waals surface area contributed by atoms with Crippen molar-refractivity contribution < 1.29 is 9.72 Å². The smallest absolute Gasteiger partial charge is 0.292 e. The molecular weight excluding hydrogens is 410 g/mol. The number of nitrogens with zero attached hydrogens (tertiary/aromatic N) is 4. The first-order valence-electron chi connectivity index (χ1n) is 9.08. The summed E-state index contributed by atoms with van der Waals surface area (Å²) in [5.74, 6) is 0.961. The molecule has 0 fully saturated rings. The van der Waals surface area contributed by atoms with E-state index in [-0.39, 0.29) is 23.0 Å². The number of benzene rings is 1. The van der Waals surface area contributed by atoms with Gasteiger partial charge in [0.25, 0.3) is 5.69 Å². The Labute approximate surface area is 176 Å². The van der Waals surface area contributed by atoms with Crippen molar-refractivity contribution in [1.29, 1.82) is 0 Å². The summed E-state index contributed by atoms with van der Waals surface area (Å²) in [6, 6.07) is 8.19. The van der Waals surface area contributed by atoms with E-state index in [1.165, 1.54) is 28.8 Å². The van der Waals surface area contributed by atoms with E-state index in [1.54, 1.807) is 23.5 Å². The molecule has 0 atom stereocenters. The lowest BCUT2D eigenvalue weighted by atomic mass is 10.1. The first kappa shape index (κ1) is 21.0. The van der Waals surface area contributed by atoms with Gasteiger partial charge < -0.3 is 9.88 Å². The number of hydrogen-bond acceptors (Lipinski definition) is 7. The van der Waals surface area contributed by atoms with Crippen LogP contribution in [0.5, 0.6) is 0 Å². The topological polar surface area (TPSA) is 103 Å². The molecule has 1 N–H and O–H groups in total. The molecule has 2 heterocycles. The molecular formula is C19H21N5O3S2. The lowest BCUT2D eigenvalue weighted by Crippen LogP contribution is -2.15. The van der Waals surface area contributed by atoms with Crippen LogP contribution in [0.3, 0.4) is 0 Å². The number of aromatic nitrogens is 3. The maximum absolute atomic E-state index is 12.3. The van der Waals surface area contributed by atoms with E-state index in [0.29, 0.717) is 17.6 Å². The summed E-state index contributed by atoms with van der Waals surface area (Å²) < 4.78 is 1.97. The summed E-state index contributed by atoms with van der Waals surface area (Å²) in [6.07, 6.45) is 0. The number of nitrogens with one attached hydrogen (secondary N) is 1. The summed E-state index contributed by atoms with van der Waals surface area (Å²) in [7, 11) is 0. The van der Waals surface area contributed by atoms with Gasteiger partial charge >= 0.3 is 0 Å². The molecule has 0 unspecified atom stereocenters. The lowest BCUT2D eigenvalue weighted by Gasteiger charge is -2.07. The van der Waals surface area contributed by atoms with Crippen LogP contribution in [0.15, 0.2) is 40.9 Å². The molecule has 0 aliphatic carbocycles. The molecule has 3 rings (SSSR count). The van der Waals surface area contributed by atoms with E-state index in [4.69, 9.17) is 0 Å². The van der Waals surface area contributed by atoms with Crippen molar-refractivity contribution in [2.24, 2.45) is 0 Å². The molecule has 0 spiro atoms. The Kier molecular flexibility index (Phi) is 6.65. The van der Waals surface area contributed by atoms with Crippen LogP contribution in [-0.4, -0.2) is 31.3 Å². The van der Waals surface area contributed by atoms with Crippen LogP contribution in [-0.2, 0) is 11.3 Å². The number of thiophene rings is 1. The number of hydrogen-bond donors (Lipinski definition) is 1. The highest BCUT2D eigenvalue weighted by atomic mass is 32.2. The zero-order valence-electron chi connectivity index (χ0n) is 16.3. The molecule has 2 aromatic heterocycles. The summed E-state index contributed by atoms with van der Waals surface area (Å²) in [4.78, 5) is 24.1. The van der Waals surface area contributed by atoms with E-state index in [9.17, 15) is 14.9 Å². The van der Waals surface area contributed by atoms with Gasteiger partial charge in [-0.2, -0.15) is 0 Å². The third-order valence-electron chi connectivity index (χ3n) is 4.19. The Hall–Kier alpha value is -2.72. The van der Waals surface area contributed by atoms with E-state index in [2.05, 4.69) is 40.8 Å². The van der Waals surface area contributed by atoms with Gasteiger partial charge in [0.1, 0.15) is 5.69 Å². The van der Waals surface area contributed by atoms with Crippen molar-refractivity contribution in [3.8, 4) is 11.4 Å². The molecule has 0 aliphatic heterocycles. The van der Waals surface area contributed by atoms with Crippen LogP contribution in [0.25, 0.3) is 11.4 Å². The van der Waals surface area contributed by atoms with Crippen LogP contribution in [0.4, 0.5) is 11.4 Å². The predicted octanol–water partition coefficient (Wildman–Crippen LogP) is 4.79. The molecule has 152 valence electrons. The Balaban J connectivity index is 1.70. The van der Waals surface area contributed by atoms with Gasteiger partial charge in [-0.15, -0.1) is 21.5 Å². The van der Waals surface area contributed by atoms with Gasteiger partial charge in [-0.1, -0.05) is 37.7 Å². The third kappa shape index (κ3) is 4.83. The summed E-state index contributed by atoms with van der Waals surface area (Å²) >= 11 is 2.95. The molecule has 1 amide bonds. The standard InChI is InChI=1S/C19H21N5O3S2/c1-4-23-18(13-9-16(12(2)3)28-10-13)21-22-19(23)29-11-17(25)20-14-7-5-6-8-15(14)24(26)27/h5-10,12H,4,11H2,1-3H3,(H,20,25). The quantitative estimate of drug-likeness (QED) is 0.312. The Morgan fingerprint density at radius 1 is 1.34 bits per heavy atom. The minimum absolute atomic E-state index is 0.0745. The second-order valence-corrected chi connectivity index (χ2v) is 8.44. The average Bonchev–Trinajstić information content (AvgIpc) is 3.33. The van der Waals surface area contributed by atoms with Gasteiger partial charge in [-0.05, 0) is 25.0 Å². The number of carbonyl (C=O) groups is 1. The molecule has 10 heteroatoms. The number of anilines is 1. The van der Waals surface area contributed by atoms with E-state index in [1.807, 2.05) is 11.5 Å². The van der Waals surface area contributed by atoms with Gasteiger partial charge in [0, 0.05) is 28.4 Å². The molecule has 0 radical (unpaired) electrons. The minimum Gasteiger partial charge on any atom is -0.320 e. The summed E-state index contributed by atoms with van der Waals surface area (Å²) in [5, 5.41) is 24.9. The SMILES string of the molecule is CCn1c(SCC(=O)Nc2ccccc2[N+](=O)[O-])nnc1-c1csc(C(C)C)c1. The van der Waals surface area contributed by atoms with Crippen molar-refractivity contribution in [3.05, 3.63) is 50.7 Å². The zero-order valence-corrected chi connectivity index (χ0v) is 17.9. The second kappa shape index (κ2) is 9.19. The largest absolute Gasteiger partial charge is 0.320 e. The van der Waals surface area contributed by atoms with E-state index in [0.717, 1.165) is 11.4 Å². The average molecular weight is 432 g/mol. The molecule has 0 bridgehead atoms. The molecule has 1 aromatic carbocycles. The van der Waals surface area contributed by atoms with Crippen LogP contribution >= 0.6 is 23.1 Å². The predicted molar refractivity (Wildman–Crippen MR) is 116 cm³/mol. The molecule has 0 aliphatic rings. The number of rotatable bonds is 8. The Morgan fingerprint density at radius 3 is 2.76 bits per heavy atom. The maximum Gasteiger partial charge on any atom is 0.292 e. The molecule has 29 heavy (non-hydrogen) atoms. The van der Waals surface area contributed by atoms with Crippen LogP contribution in [0, 0.1) is 10.1 Å². The highest BCUT2D eigenvalue weighted by molar-refractivity contribution is 7.99. The van der Waals surface area contributed by atoms with Crippen LogP contribution < -0.4 is 5.32 Å². The minimum atomic E-state index is -0.519. The van der Waals surface area contributed by atoms with Crippen molar-refractivity contribution in [1.82, 2.24) is 14.8 Å². The third-order valence-corrected chi connectivity index (χ3v) is 6.39. The molecule has 8 nitrogen and oxygen atoms in total. The highest BCUT2D eigenvalue weighted by Gasteiger charge is 2.18. The van der Waals surface area contributed by atoms with E-state index < -0.39 is 4.92 Å². The summed E-state index contributed by atoms with van der Waals surface area (Å²) in [5.41, 5.74) is 1.06. The maximum atomic E-state index is 12.3. The number of nitro benzene ring substituents is 1. The normalized spacial score (nSPS) is 11.0. The van der Waals surface area contributed by atoms with Gasteiger partial charge in [0.2, 0.25) is 5.91 Å². The van der Waals surface area contributed by atoms with Gasteiger partial charge in [-0.3, -0.25) is 14.9 Å². The molecule has 0 saturated carbocycles. The highest BCUT2D eigenvalue weighted by Crippen LogP contribution is 2.31. The van der Waals surface area contributed by atoms with Crippen molar-refractivity contribution in [2.45, 2.75) is 38.4 Å². The number of para-hydroxylation sites is 2. The molecule has 3 aromatic rings. The number of nitro groups is 1. The fourth-order valence-electron chi connectivity index (χ4n) is 2.72. The second-order valence-electron chi connectivity index (χ2n) is 6.55. The first-order valence-corrected chi connectivity index (χ1v) is 10.9. The van der Waals surface area contributed by atoms with Gasteiger partial charge in [0.05, 0.1) is 10.7 Å². The molecule has 0 saturated heterocycles. The first-order chi connectivity index (χ1) is 13.9. The van der Waals surface area contributed by atoms with Crippen molar-refractivity contribution in [3.63, 3.8) is 0 Å². The Morgan fingerprint density at radius 2 is 2.10 bits per heavy atom. The van der Waals surface area contributed by atoms with Crippen LogP contribution in [0.2, 0.25) is 0 Å². The Bertz CT molecular complexity index is 1030. The monoisotopic (exact) mass is 431 g/mol. The van der Waals surface area contributed by atoms with Crippen molar-refractivity contribution in [2.75, 3.05) is 11.1 Å². The zero-order chi connectivity index (χ0) is 21.0. The summed E-state index contributed by atoms with van der Waals surface area (Å²) in [6.45, 7) is 6.97. The van der Waals surface area contributed by atoms with Gasteiger partial charge in [-0.25, -0.2) is 0 Å². The number of amides is 1. The fourth-order valence-corrected chi connectivity index (χ4v) is 4.43.